The molecule has 3 heteroatoms. The Bertz CT molecular complexity index is 223. The van der Waals surface area contributed by atoms with Crippen molar-refractivity contribution in [3.05, 3.63) is 34.3 Å². The van der Waals surface area contributed by atoms with Gasteiger partial charge in [-0.1, -0.05) is 44.0 Å². The SMILES string of the molecule is ClC(Br)c1cccc(Br)c1. The molecule has 0 N–H and O–H groups in total. The summed E-state index contributed by atoms with van der Waals surface area (Å²) in [4.78, 5) is 0. The molecule has 0 bridgehead atoms. The van der Waals surface area contributed by atoms with E-state index in [4.69, 9.17) is 11.6 Å². The Morgan fingerprint density at radius 1 is 1.40 bits per heavy atom. The number of benzene rings is 1. The van der Waals surface area contributed by atoms with Gasteiger partial charge >= 0.3 is 0 Å². The lowest BCUT2D eigenvalue weighted by molar-refractivity contribution is 1.38. The molecule has 0 amide bonds. The number of halogens is 3. The summed E-state index contributed by atoms with van der Waals surface area (Å²) in [5.41, 5.74) is 1.07. The lowest BCUT2D eigenvalue weighted by Gasteiger charge is -2.00. The molecule has 1 rings (SSSR count). The van der Waals surface area contributed by atoms with Gasteiger partial charge in [0.15, 0.2) is 0 Å². The Hall–Kier alpha value is 0.470. The summed E-state index contributed by atoms with van der Waals surface area (Å²) in [6.07, 6.45) is 0. The molecule has 0 spiro atoms. The van der Waals surface area contributed by atoms with E-state index in [-0.39, 0.29) is 4.29 Å². The van der Waals surface area contributed by atoms with Crippen LogP contribution in [-0.4, -0.2) is 0 Å². The van der Waals surface area contributed by atoms with Crippen molar-refractivity contribution in [1.82, 2.24) is 0 Å². The first kappa shape index (κ1) is 8.57. The number of alkyl halides is 2. The fourth-order valence-corrected chi connectivity index (χ4v) is 1.48. The molecule has 54 valence electrons. The van der Waals surface area contributed by atoms with Gasteiger partial charge in [-0.15, -0.1) is 11.6 Å². The normalized spacial score (nSPS) is 13.1. The van der Waals surface area contributed by atoms with Crippen LogP contribution >= 0.6 is 43.5 Å². The van der Waals surface area contributed by atoms with Crippen LogP contribution < -0.4 is 0 Å². The van der Waals surface area contributed by atoms with Crippen LogP contribution in [0.4, 0.5) is 0 Å². The predicted octanol–water partition coefficient (Wildman–Crippen LogP) is 4.08. The van der Waals surface area contributed by atoms with Gasteiger partial charge in [-0.3, -0.25) is 0 Å². The van der Waals surface area contributed by atoms with Crippen LogP contribution in [-0.2, 0) is 0 Å². The minimum Gasteiger partial charge on any atom is -0.105 e. The second-order valence-electron chi connectivity index (χ2n) is 1.86. The summed E-state index contributed by atoms with van der Waals surface area (Å²) in [7, 11) is 0. The van der Waals surface area contributed by atoms with E-state index in [1.165, 1.54) is 0 Å². The first-order valence-electron chi connectivity index (χ1n) is 2.74. The fourth-order valence-electron chi connectivity index (χ4n) is 0.642. The van der Waals surface area contributed by atoms with E-state index < -0.39 is 0 Å². The summed E-state index contributed by atoms with van der Waals surface area (Å²) in [5.74, 6) is 0. The highest BCUT2D eigenvalue weighted by molar-refractivity contribution is 9.10. The minimum atomic E-state index is -0.0926. The van der Waals surface area contributed by atoms with Crippen molar-refractivity contribution in [3.8, 4) is 0 Å². The molecule has 0 saturated carbocycles. The van der Waals surface area contributed by atoms with Crippen LogP contribution in [0.3, 0.4) is 0 Å². The van der Waals surface area contributed by atoms with Gasteiger partial charge in [-0.2, -0.15) is 0 Å². The van der Waals surface area contributed by atoms with Crippen LogP contribution in [0.25, 0.3) is 0 Å². The highest BCUT2D eigenvalue weighted by atomic mass is 79.9. The van der Waals surface area contributed by atoms with Crippen molar-refractivity contribution in [3.63, 3.8) is 0 Å². The zero-order valence-corrected chi connectivity index (χ0v) is 8.95. The first-order valence-corrected chi connectivity index (χ1v) is 4.88. The van der Waals surface area contributed by atoms with Gasteiger partial charge in [0.2, 0.25) is 0 Å². The van der Waals surface area contributed by atoms with Crippen LogP contribution in [0.2, 0.25) is 0 Å². The Morgan fingerprint density at radius 2 is 2.10 bits per heavy atom. The Labute approximate surface area is 81.8 Å². The van der Waals surface area contributed by atoms with E-state index in [1.54, 1.807) is 0 Å². The van der Waals surface area contributed by atoms with E-state index in [9.17, 15) is 0 Å². The summed E-state index contributed by atoms with van der Waals surface area (Å²) in [6.45, 7) is 0. The molecular weight excluding hydrogens is 279 g/mol. The van der Waals surface area contributed by atoms with Gasteiger partial charge in [0.1, 0.15) is 4.29 Å². The number of hydrogen-bond acceptors (Lipinski definition) is 0. The smallest absolute Gasteiger partial charge is 0.105 e. The molecule has 0 aliphatic rings. The molecule has 10 heavy (non-hydrogen) atoms. The fraction of sp³-hybridized carbons (Fsp3) is 0.143. The van der Waals surface area contributed by atoms with Gasteiger partial charge in [-0.25, -0.2) is 0 Å². The molecule has 0 fully saturated rings. The van der Waals surface area contributed by atoms with Gasteiger partial charge in [-0.05, 0) is 17.7 Å². The number of hydrogen-bond donors (Lipinski definition) is 0. The van der Waals surface area contributed by atoms with Gasteiger partial charge in [0.25, 0.3) is 0 Å². The standard InChI is InChI=1S/C7H5Br2Cl/c8-6-3-1-2-5(4-6)7(9)10/h1-4,7H. The molecule has 0 saturated heterocycles. The molecule has 0 heterocycles. The first-order chi connectivity index (χ1) is 4.70. The van der Waals surface area contributed by atoms with Gasteiger partial charge in [0, 0.05) is 4.47 Å². The van der Waals surface area contributed by atoms with Crippen molar-refractivity contribution >= 4 is 43.5 Å². The maximum absolute atomic E-state index is 5.77. The van der Waals surface area contributed by atoms with Crippen molar-refractivity contribution in [2.75, 3.05) is 0 Å². The monoisotopic (exact) mass is 282 g/mol. The van der Waals surface area contributed by atoms with Crippen molar-refractivity contribution in [1.29, 1.82) is 0 Å². The minimum absolute atomic E-state index is 0.0926. The Morgan fingerprint density at radius 3 is 2.50 bits per heavy atom. The third-order valence-electron chi connectivity index (χ3n) is 1.10. The summed E-state index contributed by atoms with van der Waals surface area (Å²) in [6, 6.07) is 7.87. The molecular formula is C7H5Br2Cl. The lowest BCUT2D eigenvalue weighted by atomic mass is 10.2. The lowest BCUT2D eigenvalue weighted by Crippen LogP contribution is -1.78. The van der Waals surface area contributed by atoms with E-state index in [0.29, 0.717) is 0 Å². The van der Waals surface area contributed by atoms with Crippen molar-refractivity contribution in [2.45, 2.75) is 4.29 Å². The maximum Gasteiger partial charge on any atom is 0.114 e. The van der Waals surface area contributed by atoms with Gasteiger partial charge in [0.05, 0.1) is 0 Å². The molecule has 1 aromatic carbocycles. The van der Waals surface area contributed by atoms with E-state index in [0.717, 1.165) is 10.0 Å². The molecule has 0 aliphatic heterocycles. The van der Waals surface area contributed by atoms with E-state index in [1.807, 2.05) is 24.3 Å². The summed E-state index contributed by atoms with van der Waals surface area (Å²) in [5, 5.41) is 0. The quantitative estimate of drug-likeness (QED) is 0.682. The van der Waals surface area contributed by atoms with Crippen LogP contribution in [0.1, 0.15) is 9.85 Å². The highest BCUT2D eigenvalue weighted by Gasteiger charge is 2.00. The molecule has 0 nitrogen and oxygen atoms in total. The number of rotatable bonds is 1. The third-order valence-corrected chi connectivity index (χ3v) is 2.37. The zero-order valence-electron chi connectivity index (χ0n) is 5.02. The predicted molar refractivity (Wildman–Crippen MR) is 51.7 cm³/mol. The van der Waals surface area contributed by atoms with E-state index >= 15 is 0 Å². The van der Waals surface area contributed by atoms with Crippen LogP contribution in [0.15, 0.2) is 28.7 Å². The summed E-state index contributed by atoms with van der Waals surface area (Å²) >= 11 is 12.4. The van der Waals surface area contributed by atoms with Crippen molar-refractivity contribution < 1.29 is 0 Å². The third kappa shape index (κ3) is 2.26. The highest BCUT2D eigenvalue weighted by Crippen LogP contribution is 2.28. The topological polar surface area (TPSA) is 0 Å². The largest absolute Gasteiger partial charge is 0.114 e. The zero-order chi connectivity index (χ0) is 7.56. The second-order valence-corrected chi connectivity index (χ2v) is 4.65. The molecule has 0 aliphatic carbocycles. The van der Waals surface area contributed by atoms with Crippen molar-refractivity contribution in [2.24, 2.45) is 0 Å². The average Bonchev–Trinajstić information content (AvgIpc) is 1.88. The van der Waals surface area contributed by atoms with Gasteiger partial charge < -0.3 is 0 Å². The molecule has 1 aromatic rings. The Balaban J connectivity index is 2.96. The Kier molecular flexibility index (Phi) is 3.21. The van der Waals surface area contributed by atoms with E-state index in [2.05, 4.69) is 31.9 Å². The second kappa shape index (κ2) is 3.74. The van der Waals surface area contributed by atoms with Crippen LogP contribution in [0, 0.1) is 0 Å². The van der Waals surface area contributed by atoms with Crippen LogP contribution in [0.5, 0.6) is 0 Å². The molecule has 1 unspecified atom stereocenters. The molecule has 1 atom stereocenters. The summed E-state index contributed by atoms with van der Waals surface area (Å²) < 4.78 is 0.958. The maximum atomic E-state index is 5.77. The average molecular weight is 284 g/mol. The molecule has 0 aromatic heterocycles. The molecule has 0 radical (unpaired) electrons.